The molecule has 0 bridgehead atoms. The molecule has 0 saturated carbocycles. The first-order chi connectivity index (χ1) is 9.70. The molecule has 0 aliphatic carbocycles. The third-order valence-corrected chi connectivity index (χ3v) is 4.49. The van der Waals surface area contributed by atoms with Gasteiger partial charge in [-0.1, -0.05) is 38.5 Å². The highest BCUT2D eigenvalue weighted by Crippen LogP contribution is 2.29. The summed E-state index contributed by atoms with van der Waals surface area (Å²) in [6.45, 7) is 12.2. The summed E-state index contributed by atoms with van der Waals surface area (Å²) in [5.41, 5.74) is 2.76. The molecule has 21 heavy (non-hydrogen) atoms. The fourth-order valence-corrected chi connectivity index (χ4v) is 2.58. The quantitative estimate of drug-likeness (QED) is 0.866. The molecule has 1 N–H and O–H groups in total. The van der Waals surface area contributed by atoms with Crippen LogP contribution in [0.5, 0.6) is 5.75 Å². The molecule has 3 heteroatoms. The van der Waals surface area contributed by atoms with Crippen molar-refractivity contribution in [1.29, 1.82) is 0 Å². The Hall–Kier alpha value is -1.06. The van der Waals surface area contributed by atoms with E-state index in [-0.39, 0.29) is 11.5 Å². The average Bonchev–Trinajstić information content (AvgIpc) is 2.42. The van der Waals surface area contributed by atoms with Crippen LogP contribution in [-0.4, -0.2) is 38.7 Å². The zero-order chi connectivity index (χ0) is 16.2. The van der Waals surface area contributed by atoms with Crippen molar-refractivity contribution in [2.75, 3.05) is 27.7 Å². The third kappa shape index (κ3) is 4.72. The van der Waals surface area contributed by atoms with Crippen molar-refractivity contribution >= 4 is 0 Å². The number of aryl methyl sites for hydroxylation is 1. The van der Waals surface area contributed by atoms with Gasteiger partial charge in [0.1, 0.15) is 5.75 Å². The number of likely N-dealkylation sites (N-methyl/N-ethyl adjacent to an activating group) is 2. The zero-order valence-corrected chi connectivity index (χ0v) is 14.9. The Bertz CT molecular complexity index is 451. The number of hydrogen-bond donors (Lipinski definition) is 1. The minimum absolute atomic E-state index is 0.259. The van der Waals surface area contributed by atoms with Crippen LogP contribution in [0.25, 0.3) is 0 Å². The van der Waals surface area contributed by atoms with Crippen molar-refractivity contribution in [3.05, 3.63) is 29.3 Å². The first kappa shape index (κ1) is 18.0. The van der Waals surface area contributed by atoms with E-state index in [4.69, 9.17) is 4.74 Å². The van der Waals surface area contributed by atoms with Gasteiger partial charge >= 0.3 is 0 Å². The Kier molecular flexibility index (Phi) is 6.24. The molecule has 0 aliphatic heterocycles. The minimum Gasteiger partial charge on any atom is -0.496 e. The zero-order valence-electron chi connectivity index (χ0n) is 14.9. The molecule has 0 heterocycles. The number of benzene rings is 1. The molecular weight excluding hydrogens is 260 g/mol. The number of hydrogen-bond acceptors (Lipinski definition) is 3. The van der Waals surface area contributed by atoms with Crippen molar-refractivity contribution in [2.45, 2.75) is 46.7 Å². The fourth-order valence-electron chi connectivity index (χ4n) is 2.58. The molecular formula is C18H32N2O. The largest absolute Gasteiger partial charge is 0.496 e. The van der Waals surface area contributed by atoms with Gasteiger partial charge in [0.05, 0.1) is 7.11 Å². The lowest BCUT2D eigenvalue weighted by Crippen LogP contribution is -2.43. The van der Waals surface area contributed by atoms with Crippen molar-refractivity contribution < 1.29 is 4.74 Å². The van der Waals surface area contributed by atoms with Gasteiger partial charge in [-0.05, 0) is 39.4 Å². The van der Waals surface area contributed by atoms with E-state index in [0.29, 0.717) is 6.04 Å². The van der Waals surface area contributed by atoms with Crippen molar-refractivity contribution in [3.8, 4) is 5.75 Å². The second-order valence-corrected chi connectivity index (χ2v) is 7.07. The maximum atomic E-state index is 5.53. The normalized spacial score (nSPS) is 15.1. The highest BCUT2D eigenvalue weighted by molar-refractivity contribution is 5.39. The maximum absolute atomic E-state index is 5.53. The lowest BCUT2D eigenvalue weighted by molar-refractivity contribution is 0.130. The third-order valence-electron chi connectivity index (χ3n) is 4.49. The Balaban J connectivity index is 2.96. The number of ether oxygens (including phenoxy) is 1. The summed E-state index contributed by atoms with van der Waals surface area (Å²) in [5.74, 6) is 0.955. The molecule has 3 nitrogen and oxygen atoms in total. The van der Waals surface area contributed by atoms with Crippen molar-refractivity contribution in [3.63, 3.8) is 0 Å². The summed E-state index contributed by atoms with van der Waals surface area (Å²) in [5, 5.41) is 3.44. The van der Waals surface area contributed by atoms with Crippen LogP contribution >= 0.6 is 0 Å². The molecule has 1 aromatic carbocycles. The molecule has 120 valence electrons. The van der Waals surface area contributed by atoms with E-state index in [1.54, 1.807) is 7.11 Å². The second-order valence-electron chi connectivity index (χ2n) is 7.07. The molecule has 0 saturated heterocycles. The number of nitrogens with one attached hydrogen (secondary N) is 1. The average molecular weight is 292 g/mol. The van der Waals surface area contributed by atoms with Gasteiger partial charge in [-0.25, -0.2) is 0 Å². The topological polar surface area (TPSA) is 24.5 Å². The van der Waals surface area contributed by atoms with Crippen molar-refractivity contribution in [1.82, 2.24) is 10.2 Å². The predicted octanol–water partition coefficient (Wildman–Crippen LogP) is 3.63. The highest BCUT2D eigenvalue weighted by Gasteiger charge is 2.26. The van der Waals surface area contributed by atoms with E-state index in [1.165, 1.54) is 11.1 Å². The fraction of sp³-hybridized carbons (Fsp3) is 0.667. The second kappa shape index (κ2) is 7.28. The molecule has 2 atom stereocenters. The Labute approximate surface area is 130 Å². The van der Waals surface area contributed by atoms with E-state index < -0.39 is 0 Å². The Morgan fingerprint density at radius 2 is 1.90 bits per heavy atom. The lowest BCUT2D eigenvalue weighted by Gasteiger charge is -2.37. The van der Waals surface area contributed by atoms with E-state index in [9.17, 15) is 0 Å². The molecule has 0 spiro atoms. The van der Waals surface area contributed by atoms with Crippen LogP contribution in [-0.2, 0) is 0 Å². The van der Waals surface area contributed by atoms with E-state index in [1.807, 2.05) is 7.05 Å². The van der Waals surface area contributed by atoms with Crippen LogP contribution in [0.1, 0.15) is 44.9 Å². The standard InChI is InChI=1S/C18H32N2O/c1-13-9-10-17(21-8)15(11-13)16(19-6)12-20(7)14(2)18(3,4)5/h9-11,14,16,19H,12H2,1-8H3. The summed E-state index contributed by atoms with van der Waals surface area (Å²) in [6.07, 6.45) is 0. The summed E-state index contributed by atoms with van der Waals surface area (Å²) in [4.78, 5) is 2.42. The van der Waals surface area contributed by atoms with Gasteiger partial charge in [0, 0.05) is 24.2 Å². The SMILES string of the molecule is CNC(CN(C)C(C)C(C)(C)C)c1cc(C)ccc1OC. The van der Waals surface area contributed by atoms with Crippen LogP contribution in [0.2, 0.25) is 0 Å². The molecule has 1 rings (SSSR count). The van der Waals surface area contributed by atoms with Crippen LogP contribution in [0.15, 0.2) is 18.2 Å². The van der Waals surface area contributed by atoms with Gasteiger partial charge in [0.15, 0.2) is 0 Å². The van der Waals surface area contributed by atoms with Crippen molar-refractivity contribution in [2.24, 2.45) is 5.41 Å². The highest BCUT2D eigenvalue weighted by atomic mass is 16.5. The first-order valence-corrected chi connectivity index (χ1v) is 7.72. The molecule has 0 fully saturated rings. The summed E-state index contributed by atoms with van der Waals surface area (Å²) in [7, 11) is 5.95. The molecule has 0 aliphatic rings. The molecule has 0 radical (unpaired) electrons. The number of nitrogens with zero attached hydrogens (tertiary/aromatic N) is 1. The predicted molar refractivity (Wildman–Crippen MR) is 91.1 cm³/mol. The van der Waals surface area contributed by atoms with Gasteiger partial charge < -0.3 is 15.0 Å². The van der Waals surface area contributed by atoms with Crippen LogP contribution in [0, 0.1) is 12.3 Å². The lowest BCUT2D eigenvalue weighted by atomic mass is 9.87. The van der Waals surface area contributed by atoms with E-state index >= 15 is 0 Å². The smallest absolute Gasteiger partial charge is 0.123 e. The first-order valence-electron chi connectivity index (χ1n) is 7.72. The van der Waals surface area contributed by atoms with Gasteiger partial charge in [-0.15, -0.1) is 0 Å². The van der Waals surface area contributed by atoms with Gasteiger partial charge in [-0.2, -0.15) is 0 Å². The number of methoxy groups -OCH3 is 1. The molecule has 1 aromatic rings. The molecule has 0 aromatic heterocycles. The van der Waals surface area contributed by atoms with Gasteiger partial charge in [0.25, 0.3) is 0 Å². The van der Waals surface area contributed by atoms with E-state index in [2.05, 4.69) is 70.1 Å². The van der Waals surface area contributed by atoms with Gasteiger partial charge in [-0.3, -0.25) is 0 Å². The summed E-state index contributed by atoms with van der Waals surface area (Å²) < 4.78 is 5.53. The molecule has 0 amide bonds. The maximum Gasteiger partial charge on any atom is 0.123 e. The number of rotatable bonds is 6. The summed E-state index contributed by atoms with van der Waals surface area (Å²) in [6, 6.07) is 7.13. The van der Waals surface area contributed by atoms with Crippen LogP contribution in [0.3, 0.4) is 0 Å². The Morgan fingerprint density at radius 1 is 1.29 bits per heavy atom. The van der Waals surface area contributed by atoms with E-state index in [0.717, 1.165) is 12.3 Å². The van der Waals surface area contributed by atoms with Gasteiger partial charge in [0.2, 0.25) is 0 Å². The van der Waals surface area contributed by atoms with Crippen LogP contribution in [0.4, 0.5) is 0 Å². The Morgan fingerprint density at radius 3 is 2.38 bits per heavy atom. The van der Waals surface area contributed by atoms with Crippen LogP contribution < -0.4 is 10.1 Å². The molecule has 2 unspecified atom stereocenters. The summed E-state index contributed by atoms with van der Waals surface area (Å²) >= 11 is 0. The minimum atomic E-state index is 0.259. The monoisotopic (exact) mass is 292 g/mol.